The van der Waals surface area contributed by atoms with E-state index in [4.69, 9.17) is 5.11 Å². The highest BCUT2D eigenvalue weighted by molar-refractivity contribution is 7.99. The normalized spacial score (nSPS) is 11.4. The van der Waals surface area contributed by atoms with E-state index < -0.39 is 0 Å². The molecule has 0 aromatic heterocycles. The molecule has 0 heterocycles. The highest BCUT2D eigenvalue weighted by Crippen LogP contribution is 2.20. The molecule has 1 amide bonds. The lowest BCUT2D eigenvalue weighted by molar-refractivity contribution is 0.0948. The Bertz CT molecular complexity index is 415. The fourth-order valence-corrected chi connectivity index (χ4v) is 2.48. The van der Waals surface area contributed by atoms with Crippen molar-refractivity contribution in [3.8, 4) is 0 Å². The molecule has 0 aliphatic rings. The van der Waals surface area contributed by atoms with Crippen LogP contribution in [0.4, 0.5) is 0 Å². The van der Waals surface area contributed by atoms with E-state index in [-0.39, 0.29) is 17.9 Å². The van der Waals surface area contributed by atoms with E-state index in [1.807, 2.05) is 38.1 Å². The highest BCUT2D eigenvalue weighted by Gasteiger charge is 2.15. The molecule has 0 saturated carbocycles. The average molecular weight is 295 g/mol. The van der Waals surface area contributed by atoms with Crippen LogP contribution in [0.2, 0.25) is 0 Å². The van der Waals surface area contributed by atoms with Gasteiger partial charge in [-0.2, -0.15) is 0 Å². The second kappa shape index (κ2) is 8.32. The van der Waals surface area contributed by atoms with Crippen LogP contribution in [0.15, 0.2) is 29.2 Å². The van der Waals surface area contributed by atoms with Crippen LogP contribution in [0.1, 0.15) is 44.0 Å². The van der Waals surface area contributed by atoms with Gasteiger partial charge in [0.2, 0.25) is 0 Å². The number of rotatable bonds is 8. The minimum Gasteiger partial charge on any atom is -0.396 e. The van der Waals surface area contributed by atoms with Crippen LogP contribution < -0.4 is 5.32 Å². The van der Waals surface area contributed by atoms with E-state index in [2.05, 4.69) is 12.2 Å². The lowest BCUT2D eigenvalue weighted by Crippen LogP contribution is -2.26. The maximum atomic E-state index is 11.9. The Morgan fingerprint density at radius 3 is 2.50 bits per heavy atom. The number of thioether (sulfide) groups is 1. The molecule has 112 valence electrons. The molecule has 0 aliphatic carbocycles. The molecular weight excluding hydrogens is 270 g/mol. The van der Waals surface area contributed by atoms with Gasteiger partial charge in [-0.1, -0.05) is 20.8 Å². The number of hydrogen-bond donors (Lipinski definition) is 2. The number of aliphatic hydroxyl groups excluding tert-OH is 1. The first-order chi connectivity index (χ1) is 9.48. The Hall–Kier alpha value is -1.00. The summed E-state index contributed by atoms with van der Waals surface area (Å²) in [5.41, 5.74) is 0.635. The van der Waals surface area contributed by atoms with Crippen LogP contribution >= 0.6 is 11.8 Å². The van der Waals surface area contributed by atoms with Crippen LogP contribution in [0.3, 0.4) is 0 Å². The van der Waals surface area contributed by atoms with E-state index >= 15 is 0 Å². The number of amides is 1. The number of hydrogen-bond acceptors (Lipinski definition) is 3. The standard InChI is InChI=1S/C16H25NO2S/c1-4-20-14-8-6-13(7-9-14)15(19)17-11-5-10-16(2,3)12-18/h6-9,18H,4-5,10-12H2,1-3H3,(H,17,19). The topological polar surface area (TPSA) is 49.3 Å². The molecule has 20 heavy (non-hydrogen) atoms. The molecule has 0 bridgehead atoms. The van der Waals surface area contributed by atoms with Gasteiger partial charge in [-0.3, -0.25) is 4.79 Å². The lowest BCUT2D eigenvalue weighted by atomic mass is 9.89. The number of carbonyl (C=O) groups excluding carboxylic acids is 1. The lowest BCUT2D eigenvalue weighted by Gasteiger charge is -2.21. The van der Waals surface area contributed by atoms with Crippen molar-refractivity contribution in [3.05, 3.63) is 29.8 Å². The Kier molecular flexibility index (Phi) is 7.10. The first kappa shape index (κ1) is 17.1. The van der Waals surface area contributed by atoms with E-state index in [0.717, 1.165) is 18.6 Å². The van der Waals surface area contributed by atoms with Gasteiger partial charge in [-0.05, 0) is 48.3 Å². The zero-order chi connectivity index (χ0) is 15.0. The fraction of sp³-hybridized carbons (Fsp3) is 0.562. The summed E-state index contributed by atoms with van der Waals surface area (Å²) in [4.78, 5) is 13.1. The summed E-state index contributed by atoms with van der Waals surface area (Å²) in [6, 6.07) is 7.70. The Morgan fingerprint density at radius 1 is 1.30 bits per heavy atom. The summed E-state index contributed by atoms with van der Waals surface area (Å²) in [5, 5.41) is 12.1. The van der Waals surface area contributed by atoms with Crippen LogP contribution in [-0.2, 0) is 0 Å². The third kappa shape index (κ3) is 5.97. The molecule has 0 saturated heterocycles. The smallest absolute Gasteiger partial charge is 0.251 e. The quantitative estimate of drug-likeness (QED) is 0.571. The fourth-order valence-electron chi connectivity index (χ4n) is 1.82. The van der Waals surface area contributed by atoms with Crippen molar-refractivity contribution in [1.82, 2.24) is 5.32 Å². The van der Waals surface area contributed by atoms with Gasteiger partial charge < -0.3 is 10.4 Å². The molecule has 1 aromatic carbocycles. The highest BCUT2D eigenvalue weighted by atomic mass is 32.2. The zero-order valence-corrected chi connectivity index (χ0v) is 13.4. The predicted octanol–water partition coefficient (Wildman–Crippen LogP) is 3.33. The number of benzene rings is 1. The molecule has 1 aromatic rings. The largest absolute Gasteiger partial charge is 0.396 e. The molecule has 4 heteroatoms. The summed E-state index contributed by atoms with van der Waals surface area (Å²) in [7, 11) is 0. The Morgan fingerprint density at radius 2 is 1.95 bits per heavy atom. The van der Waals surface area contributed by atoms with E-state index in [9.17, 15) is 4.79 Å². The van der Waals surface area contributed by atoms with Gasteiger partial charge in [-0.25, -0.2) is 0 Å². The van der Waals surface area contributed by atoms with E-state index in [1.165, 1.54) is 4.90 Å². The first-order valence-corrected chi connectivity index (χ1v) is 8.09. The van der Waals surface area contributed by atoms with Crippen molar-refractivity contribution >= 4 is 17.7 Å². The third-order valence-corrected chi connectivity index (χ3v) is 4.07. The maximum Gasteiger partial charge on any atom is 0.251 e. The summed E-state index contributed by atoms with van der Waals surface area (Å²) < 4.78 is 0. The number of carbonyl (C=O) groups is 1. The molecule has 2 N–H and O–H groups in total. The predicted molar refractivity (Wildman–Crippen MR) is 85.3 cm³/mol. The number of aliphatic hydroxyl groups is 1. The second-order valence-corrected chi connectivity index (χ2v) is 6.98. The van der Waals surface area contributed by atoms with Crippen molar-refractivity contribution in [2.45, 2.75) is 38.5 Å². The summed E-state index contributed by atoms with van der Waals surface area (Å²) >= 11 is 1.77. The maximum absolute atomic E-state index is 11.9. The molecule has 1 rings (SSSR count). The van der Waals surface area contributed by atoms with Crippen LogP contribution in [-0.4, -0.2) is 29.9 Å². The zero-order valence-electron chi connectivity index (χ0n) is 12.6. The van der Waals surface area contributed by atoms with Crippen molar-refractivity contribution in [3.63, 3.8) is 0 Å². The van der Waals surface area contributed by atoms with Gasteiger partial charge in [-0.15, -0.1) is 11.8 Å². The monoisotopic (exact) mass is 295 g/mol. The summed E-state index contributed by atoms with van der Waals surface area (Å²) in [5.74, 6) is 1.01. The summed E-state index contributed by atoms with van der Waals surface area (Å²) in [6.07, 6.45) is 1.78. The van der Waals surface area contributed by atoms with Crippen molar-refractivity contribution in [1.29, 1.82) is 0 Å². The van der Waals surface area contributed by atoms with E-state index in [0.29, 0.717) is 12.1 Å². The van der Waals surface area contributed by atoms with Crippen molar-refractivity contribution in [2.75, 3.05) is 18.9 Å². The molecule has 0 atom stereocenters. The van der Waals surface area contributed by atoms with Crippen LogP contribution in [0.5, 0.6) is 0 Å². The Labute approximate surface area is 126 Å². The first-order valence-electron chi connectivity index (χ1n) is 7.10. The van der Waals surface area contributed by atoms with Crippen LogP contribution in [0.25, 0.3) is 0 Å². The minimum absolute atomic E-state index is 0.0279. The molecule has 0 aliphatic heterocycles. The van der Waals surface area contributed by atoms with Gasteiger partial charge in [0.25, 0.3) is 5.91 Å². The molecule has 0 fully saturated rings. The second-order valence-electron chi connectivity index (χ2n) is 5.64. The number of nitrogens with one attached hydrogen (secondary N) is 1. The van der Waals surface area contributed by atoms with Crippen molar-refractivity contribution < 1.29 is 9.90 Å². The SMILES string of the molecule is CCSc1ccc(C(=O)NCCCC(C)(C)CO)cc1. The summed E-state index contributed by atoms with van der Waals surface area (Å²) in [6.45, 7) is 6.99. The molecule has 0 unspecified atom stereocenters. The minimum atomic E-state index is -0.0657. The average Bonchev–Trinajstić information content (AvgIpc) is 2.44. The van der Waals surface area contributed by atoms with Gasteiger partial charge in [0.05, 0.1) is 0 Å². The molecule has 0 radical (unpaired) electrons. The van der Waals surface area contributed by atoms with Gasteiger partial charge in [0, 0.05) is 23.6 Å². The van der Waals surface area contributed by atoms with Crippen LogP contribution in [0, 0.1) is 5.41 Å². The Balaban J connectivity index is 2.35. The molecule has 0 spiro atoms. The molecule has 3 nitrogen and oxygen atoms in total. The van der Waals surface area contributed by atoms with Gasteiger partial charge >= 0.3 is 0 Å². The molecular formula is C16H25NO2S. The van der Waals surface area contributed by atoms with E-state index in [1.54, 1.807) is 11.8 Å². The van der Waals surface area contributed by atoms with Gasteiger partial charge in [0.15, 0.2) is 0 Å². The van der Waals surface area contributed by atoms with Gasteiger partial charge in [0.1, 0.15) is 0 Å². The third-order valence-electron chi connectivity index (χ3n) is 3.17. The van der Waals surface area contributed by atoms with Crippen molar-refractivity contribution in [2.24, 2.45) is 5.41 Å².